The molecule has 1 aromatic carbocycles. The topological polar surface area (TPSA) is 49.0 Å². The Morgan fingerprint density at radius 1 is 1.40 bits per heavy atom. The maximum Gasteiger partial charge on any atom is 0.258 e. The number of aromatic amines is 1. The van der Waals surface area contributed by atoms with E-state index < -0.39 is 0 Å². The zero-order valence-corrected chi connectivity index (χ0v) is 12.1. The van der Waals surface area contributed by atoms with Crippen molar-refractivity contribution < 1.29 is 0 Å². The molecule has 0 aliphatic carbocycles. The summed E-state index contributed by atoms with van der Waals surface area (Å²) in [6.07, 6.45) is 2.48. The molecule has 1 fully saturated rings. The second-order valence-electron chi connectivity index (χ2n) is 5.95. The highest BCUT2D eigenvalue weighted by Gasteiger charge is 2.27. The lowest BCUT2D eigenvalue weighted by Gasteiger charge is -2.26. The van der Waals surface area contributed by atoms with Gasteiger partial charge in [-0.1, -0.05) is 26.0 Å². The Morgan fingerprint density at radius 3 is 3.00 bits per heavy atom. The molecule has 20 heavy (non-hydrogen) atoms. The van der Waals surface area contributed by atoms with Gasteiger partial charge in [-0.3, -0.25) is 9.69 Å². The average molecular weight is 271 g/mol. The van der Waals surface area contributed by atoms with Crippen LogP contribution in [0, 0.1) is 5.92 Å². The maximum atomic E-state index is 12.1. The number of hydrogen-bond acceptors (Lipinski definition) is 3. The van der Waals surface area contributed by atoms with Gasteiger partial charge in [0.05, 0.1) is 17.4 Å². The molecule has 3 rings (SSSR count). The largest absolute Gasteiger partial charge is 0.309 e. The summed E-state index contributed by atoms with van der Waals surface area (Å²) in [5, 5.41) is 0.665. The molecule has 1 saturated heterocycles. The molecule has 4 nitrogen and oxygen atoms in total. The van der Waals surface area contributed by atoms with Crippen LogP contribution in [0.15, 0.2) is 29.1 Å². The van der Waals surface area contributed by atoms with Crippen molar-refractivity contribution in [2.45, 2.75) is 39.3 Å². The fraction of sp³-hybridized carbons (Fsp3) is 0.500. The van der Waals surface area contributed by atoms with Gasteiger partial charge in [0.15, 0.2) is 0 Å². The van der Waals surface area contributed by atoms with Gasteiger partial charge in [0.2, 0.25) is 0 Å². The fourth-order valence-corrected chi connectivity index (χ4v) is 3.21. The van der Waals surface area contributed by atoms with Gasteiger partial charge in [-0.2, -0.15) is 0 Å². The van der Waals surface area contributed by atoms with Crippen LogP contribution >= 0.6 is 0 Å². The molecule has 1 aliphatic heterocycles. The summed E-state index contributed by atoms with van der Waals surface area (Å²) < 4.78 is 0. The predicted molar refractivity (Wildman–Crippen MR) is 80.6 cm³/mol. The number of para-hydroxylation sites is 1. The lowest BCUT2D eigenvalue weighted by Crippen LogP contribution is -2.34. The molecule has 4 heteroatoms. The van der Waals surface area contributed by atoms with E-state index in [1.165, 1.54) is 12.8 Å². The van der Waals surface area contributed by atoms with Gasteiger partial charge < -0.3 is 4.98 Å². The highest BCUT2D eigenvalue weighted by Crippen LogP contribution is 2.24. The molecule has 1 aliphatic rings. The average Bonchev–Trinajstić information content (AvgIpc) is 2.87. The van der Waals surface area contributed by atoms with Crippen LogP contribution in [-0.2, 0) is 6.54 Å². The Bertz CT molecular complexity index is 662. The molecular formula is C16H21N3O. The van der Waals surface area contributed by atoms with Crippen LogP contribution in [-0.4, -0.2) is 27.5 Å². The van der Waals surface area contributed by atoms with Gasteiger partial charge in [-0.15, -0.1) is 0 Å². The minimum Gasteiger partial charge on any atom is -0.309 e. The summed E-state index contributed by atoms with van der Waals surface area (Å²) in [5.74, 6) is 1.42. The number of rotatable bonds is 3. The van der Waals surface area contributed by atoms with Gasteiger partial charge in [0.1, 0.15) is 5.82 Å². The summed E-state index contributed by atoms with van der Waals surface area (Å²) in [7, 11) is 0. The highest BCUT2D eigenvalue weighted by atomic mass is 16.1. The van der Waals surface area contributed by atoms with Crippen molar-refractivity contribution in [1.29, 1.82) is 0 Å². The lowest BCUT2D eigenvalue weighted by atomic mass is 10.0. The first-order valence-corrected chi connectivity index (χ1v) is 7.37. The van der Waals surface area contributed by atoms with Crippen molar-refractivity contribution >= 4 is 10.9 Å². The monoisotopic (exact) mass is 271 g/mol. The zero-order valence-electron chi connectivity index (χ0n) is 12.1. The van der Waals surface area contributed by atoms with Crippen LogP contribution in [0.25, 0.3) is 10.9 Å². The first-order chi connectivity index (χ1) is 9.65. The molecule has 0 saturated carbocycles. The number of hydrogen-bond donors (Lipinski definition) is 1. The summed E-state index contributed by atoms with van der Waals surface area (Å²) in [4.78, 5) is 22.0. The lowest BCUT2D eigenvalue weighted by molar-refractivity contribution is 0.194. The number of nitrogens with zero attached hydrogens (tertiary/aromatic N) is 2. The van der Waals surface area contributed by atoms with Crippen molar-refractivity contribution in [3.8, 4) is 0 Å². The third kappa shape index (κ3) is 2.48. The number of benzene rings is 1. The van der Waals surface area contributed by atoms with E-state index in [4.69, 9.17) is 0 Å². The molecule has 2 aromatic rings. The Hall–Kier alpha value is -1.68. The minimum atomic E-state index is -0.0362. The summed E-state index contributed by atoms with van der Waals surface area (Å²) in [6.45, 7) is 6.36. The predicted octanol–water partition coefficient (Wildman–Crippen LogP) is 2.54. The molecule has 1 N–H and O–H groups in total. The molecule has 106 valence electrons. The summed E-state index contributed by atoms with van der Waals surface area (Å²) in [6, 6.07) is 8.11. The van der Waals surface area contributed by atoms with E-state index in [9.17, 15) is 4.79 Å². The molecular weight excluding hydrogens is 250 g/mol. The molecule has 1 aromatic heterocycles. The molecule has 2 heterocycles. The number of H-pyrrole nitrogens is 1. The van der Waals surface area contributed by atoms with E-state index in [0.29, 0.717) is 17.3 Å². The zero-order chi connectivity index (χ0) is 14.1. The van der Waals surface area contributed by atoms with Gasteiger partial charge in [-0.05, 0) is 37.4 Å². The molecule has 0 spiro atoms. The Kier molecular flexibility index (Phi) is 3.57. The van der Waals surface area contributed by atoms with E-state index in [1.54, 1.807) is 0 Å². The Morgan fingerprint density at radius 2 is 2.20 bits per heavy atom. The van der Waals surface area contributed by atoms with Crippen LogP contribution in [0.5, 0.6) is 0 Å². The Balaban J connectivity index is 1.89. The number of likely N-dealkylation sites (tertiary alicyclic amines) is 1. The van der Waals surface area contributed by atoms with E-state index in [0.717, 1.165) is 24.4 Å². The number of aromatic nitrogens is 2. The van der Waals surface area contributed by atoms with Crippen molar-refractivity contribution in [3.05, 3.63) is 40.4 Å². The van der Waals surface area contributed by atoms with Gasteiger partial charge in [0, 0.05) is 6.04 Å². The second kappa shape index (κ2) is 5.37. The number of fused-ring (bicyclic) bond motifs is 1. The smallest absolute Gasteiger partial charge is 0.258 e. The second-order valence-corrected chi connectivity index (χ2v) is 5.95. The third-order valence-corrected chi connectivity index (χ3v) is 4.20. The fourth-order valence-electron chi connectivity index (χ4n) is 3.21. The first kappa shape index (κ1) is 13.3. The molecule has 1 atom stereocenters. The maximum absolute atomic E-state index is 12.1. The van der Waals surface area contributed by atoms with E-state index in [2.05, 4.69) is 28.7 Å². The quantitative estimate of drug-likeness (QED) is 0.933. The molecule has 0 bridgehead atoms. The van der Waals surface area contributed by atoms with Crippen LogP contribution < -0.4 is 5.56 Å². The first-order valence-electron chi connectivity index (χ1n) is 7.37. The van der Waals surface area contributed by atoms with E-state index in [-0.39, 0.29) is 5.56 Å². The van der Waals surface area contributed by atoms with Crippen molar-refractivity contribution in [1.82, 2.24) is 14.9 Å². The van der Waals surface area contributed by atoms with Crippen LogP contribution in [0.3, 0.4) is 0 Å². The molecule has 0 unspecified atom stereocenters. The SMILES string of the molecule is CC(C)[C@@H]1CCCN1Cc1nc2ccccc2c(=O)[nH]1. The minimum absolute atomic E-state index is 0.0362. The van der Waals surface area contributed by atoms with Gasteiger partial charge in [-0.25, -0.2) is 4.98 Å². The van der Waals surface area contributed by atoms with Crippen LogP contribution in [0.2, 0.25) is 0 Å². The molecule has 0 amide bonds. The van der Waals surface area contributed by atoms with Crippen molar-refractivity contribution in [2.75, 3.05) is 6.54 Å². The van der Waals surface area contributed by atoms with E-state index in [1.807, 2.05) is 24.3 Å². The summed E-state index contributed by atoms with van der Waals surface area (Å²) >= 11 is 0. The van der Waals surface area contributed by atoms with E-state index >= 15 is 0 Å². The number of nitrogens with one attached hydrogen (secondary N) is 1. The van der Waals surface area contributed by atoms with Crippen molar-refractivity contribution in [2.24, 2.45) is 5.92 Å². The summed E-state index contributed by atoms with van der Waals surface area (Å²) in [5.41, 5.74) is 0.748. The third-order valence-electron chi connectivity index (χ3n) is 4.20. The highest BCUT2D eigenvalue weighted by molar-refractivity contribution is 5.77. The van der Waals surface area contributed by atoms with Crippen LogP contribution in [0.4, 0.5) is 0 Å². The van der Waals surface area contributed by atoms with Gasteiger partial charge >= 0.3 is 0 Å². The van der Waals surface area contributed by atoms with Crippen molar-refractivity contribution in [3.63, 3.8) is 0 Å². The van der Waals surface area contributed by atoms with Crippen LogP contribution in [0.1, 0.15) is 32.5 Å². The standard InChI is InChI=1S/C16H21N3O/c1-11(2)14-8-5-9-19(14)10-15-17-13-7-4-3-6-12(13)16(20)18-15/h3-4,6-7,11,14H,5,8-10H2,1-2H3,(H,17,18,20)/t14-/m0/s1. The van der Waals surface area contributed by atoms with Gasteiger partial charge in [0.25, 0.3) is 5.56 Å². The molecule has 0 radical (unpaired) electrons. The Labute approximate surface area is 118 Å². The normalized spacial score (nSPS) is 20.1.